The smallest absolute Gasteiger partial charge is 0.338 e. The summed E-state index contributed by atoms with van der Waals surface area (Å²) in [5, 5.41) is 6.74. The van der Waals surface area contributed by atoms with Gasteiger partial charge >= 0.3 is 5.97 Å². The number of rotatable bonds is 5. The molecule has 1 aliphatic heterocycles. The van der Waals surface area contributed by atoms with E-state index in [-0.39, 0.29) is 6.61 Å². The van der Waals surface area contributed by atoms with Crippen LogP contribution in [0.5, 0.6) is 5.75 Å². The van der Waals surface area contributed by atoms with Gasteiger partial charge in [0.05, 0.1) is 31.0 Å². The Kier molecular flexibility index (Phi) is 6.13. The number of hydrogen-bond donors (Lipinski definition) is 2. The first-order valence-electron chi connectivity index (χ1n) is 8.42. The number of carbonyl (C=O) groups is 1. The van der Waals surface area contributed by atoms with Gasteiger partial charge in [0.2, 0.25) is 0 Å². The number of benzene rings is 2. The maximum absolute atomic E-state index is 12.9. The molecule has 1 heterocycles. The number of nitrogens with one attached hydrogen (secondary N) is 2. The van der Waals surface area contributed by atoms with Crippen LogP contribution in [0.15, 0.2) is 58.6 Å². The number of ether oxygens (including phenoxy) is 2. The topological polar surface area (TPSA) is 59.6 Å². The Morgan fingerprint density at radius 2 is 1.96 bits per heavy atom. The van der Waals surface area contributed by atoms with Gasteiger partial charge in [0.15, 0.2) is 5.11 Å². The zero-order valence-electron chi connectivity index (χ0n) is 14.9. The average Bonchev–Trinajstić information content (AvgIpc) is 2.68. The largest absolute Gasteiger partial charge is 0.497 e. The normalized spacial score (nSPS) is 16.4. The van der Waals surface area contributed by atoms with E-state index in [4.69, 9.17) is 21.7 Å². The highest BCUT2D eigenvalue weighted by Crippen LogP contribution is 2.36. The van der Waals surface area contributed by atoms with E-state index >= 15 is 0 Å². The summed E-state index contributed by atoms with van der Waals surface area (Å²) in [5.74, 6) is 0.280. The van der Waals surface area contributed by atoms with Crippen LogP contribution in [-0.4, -0.2) is 24.8 Å². The van der Waals surface area contributed by atoms with Crippen molar-refractivity contribution in [2.45, 2.75) is 13.0 Å². The number of halogens is 1. The second-order valence-electron chi connectivity index (χ2n) is 5.79. The lowest BCUT2D eigenvalue weighted by atomic mass is 9.92. The van der Waals surface area contributed by atoms with E-state index in [0.717, 1.165) is 15.6 Å². The maximum atomic E-state index is 12.9. The standard InChI is InChI=1S/C20H19BrN2O3S/c1-3-26-19(24)16-17(12-7-5-4-6-8-12)22-20(27)23-18(16)14-11-13(25-2)9-10-15(14)21/h4-11,18H,3H2,1-2H3,(H2,22,23,27)/t18-/m0/s1. The second-order valence-corrected chi connectivity index (χ2v) is 7.06. The third kappa shape index (κ3) is 4.14. The van der Waals surface area contributed by atoms with Crippen LogP contribution in [0, 0.1) is 0 Å². The monoisotopic (exact) mass is 446 g/mol. The SMILES string of the molecule is CCOC(=O)C1=C(c2ccccc2)NC(=S)N[C@H]1c1cc(OC)ccc1Br. The predicted octanol–water partition coefficient (Wildman–Crippen LogP) is 3.95. The Morgan fingerprint density at radius 3 is 2.63 bits per heavy atom. The lowest BCUT2D eigenvalue weighted by Crippen LogP contribution is -2.45. The number of carbonyl (C=O) groups excluding carboxylic acids is 1. The Morgan fingerprint density at radius 1 is 1.22 bits per heavy atom. The predicted molar refractivity (Wildman–Crippen MR) is 112 cm³/mol. The molecule has 0 aromatic heterocycles. The third-order valence-corrected chi connectivity index (χ3v) is 5.09. The summed E-state index contributed by atoms with van der Waals surface area (Å²) < 4.78 is 11.5. The Hall–Kier alpha value is -2.38. The molecule has 3 rings (SSSR count). The van der Waals surface area contributed by atoms with Crippen molar-refractivity contribution < 1.29 is 14.3 Å². The molecular weight excluding hydrogens is 428 g/mol. The van der Waals surface area contributed by atoms with Crippen molar-refractivity contribution in [3.63, 3.8) is 0 Å². The molecule has 27 heavy (non-hydrogen) atoms. The maximum Gasteiger partial charge on any atom is 0.338 e. The summed E-state index contributed by atoms with van der Waals surface area (Å²) >= 11 is 8.99. The van der Waals surface area contributed by atoms with Crippen molar-refractivity contribution >= 4 is 44.9 Å². The minimum absolute atomic E-state index is 0.279. The summed E-state index contributed by atoms with van der Waals surface area (Å²) in [6.45, 7) is 2.06. The lowest BCUT2D eigenvalue weighted by molar-refractivity contribution is -0.138. The van der Waals surface area contributed by atoms with Crippen LogP contribution in [0.1, 0.15) is 24.1 Å². The molecule has 0 saturated heterocycles. The van der Waals surface area contributed by atoms with Crippen LogP contribution in [0.25, 0.3) is 5.70 Å². The van der Waals surface area contributed by atoms with Crippen molar-refractivity contribution in [3.8, 4) is 5.75 Å². The molecule has 1 atom stereocenters. The van der Waals surface area contributed by atoms with Crippen LogP contribution >= 0.6 is 28.1 Å². The number of esters is 1. The van der Waals surface area contributed by atoms with E-state index in [1.807, 2.05) is 48.5 Å². The molecule has 5 nitrogen and oxygen atoms in total. The van der Waals surface area contributed by atoms with Crippen LogP contribution in [0.3, 0.4) is 0 Å². The van der Waals surface area contributed by atoms with Crippen LogP contribution in [-0.2, 0) is 9.53 Å². The molecule has 0 radical (unpaired) electrons. The van der Waals surface area contributed by atoms with Gasteiger partial charge in [0.1, 0.15) is 5.75 Å². The van der Waals surface area contributed by atoms with Crippen molar-refractivity contribution in [3.05, 3.63) is 69.7 Å². The minimum Gasteiger partial charge on any atom is -0.497 e. The average molecular weight is 447 g/mol. The van der Waals surface area contributed by atoms with Gasteiger partial charge in [0.25, 0.3) is 0 Å². The van der Waals surface area contributed by atoms with Crippen molar-refractivity contribution in [2.24, 2.45) is 0 Å². The van der Waals surface area contributed by atoms with Gasteiger partial charge in [-0.05, 0) is 48.5 Å². The summed E-state index contributed by atoms with van der Waals surface area (Å²) in [7, 11) is 1.60. The molecule has 1 aliphatic rings. The van der Waals surface area contributed by atoms with Gasteiger partial charge in [0, 0.05) is 4.47 Å². The van der Waals surface area contributed by atoms with E-state index in [1.54, 1.807) is 14.0 Å². The quantitative estimate of drug-likeness (QED) is 0.535. The molecule has 2 N–H and O–H groups in total. The molecule has 0 spiro atoms. The highest BCUT2D eigenvalue weighted by molar-refractivity contribution is 9.10. The zero-order valence-corrected chi connectivity index (χ0v) is 17.3. The molecule has 2 aromatic carbocycles. The minimum atomic E-state index is -0.488. The fourth-order valence-electron chi connectivity index (χ4n) is 2.93. The molecule has 0 fully saturated rings. The Bertz CT molecular complexity index is 899. The first-order valence-corrected chi connectivity index (χ1v) is 9.63. The summed E-state index contributed by atoms with van der Waals surface area (Å²) in [6, 6.07) is 14.7. The van der Waals surface area contributed by atoms with Crippen LogP contribution in [0.2, 0.25) is 0 Å². The molecule has 7 heteroatoms. The summed E-state index contributed by atoms with van der Waals surface area (Å²) in [4.78, 5) is 12.9. The van der Waals surface area contributed by atoms with E-state index in [1.165, 1.54) is 0 Å². The molecule has 0 aliphatic carbocycles. The summed E-state index contributed by atoms with van der Waals surface area (Å²) in [5.41, 5.74) is 2.78. The number of methoxy groups -OCH3 is 1. The van der Waals surface area contributed by atoms with Crippen molar-refractivity contribution in [1.29, 1.82) is 0 Å². The molecule has 0 bridgehead atoms. The van der Waals surface area contributed by atoms with Gasteiger partial charge < -0.3 is 20.1 Å². The van der Waals surface area contributed by atoms with Crippen molar-refractivity contribution in [2.75, 3.05) is 13.7 Å². The van der Waals surface area contributed by atoms with Gasteiger partial charge in [-0.25, -0.2) is 4.79 Å². The molecule has 0 amide bonds. The molecule has 0 saturated carbocycles. The fraction of sp³-hybridized carbons (Fsp3) is 0.200. The van der Waals surface area contributed by atoms with E-state index in [9.17, 15) is 4.79 Å². The highest BCUT2D eigenvalue weighted by atomic mass is 79.9. The van der Waals surface area contributed by atoms with Gasteiger partial charge in [-0.2, -0.15) is 0 Å². The van der Waals surface area contributed by atoms with Gasteiger partial charge in [-0.3, -0.25) is 0 Å². The first kappa shape index (κ1) is 19.4. The van der Waals surface area contributed by atoms with E-state index in [2.05, 4.69) is 26.6 Å². The molecule has 0 unspecified atom stereocenters. The third-order valence-electron chi connectivity index (χ3n) is 4.14. The lowest BCUT2D eigenvalue weighted by Gasteiger charge is -2.31. The second kappa shape index (κ2) is 8.54. The summed E-state index contributed by atoms with van der Waals surface area (Å²) in [6.07, 6.45) is 0. The van der Waals surface area contributed by atoms with Gasteiger partial charge in [-0.1, -0.05) is 46.3 Å². The number of hydrogen-bond acceptors (Lipinski definition) is 4. The fourth-order valence-corrected chi connectivity index (χ4v) is 3.62. The first-order chi connectivity index (χ1) is 13.0. The van der Waals surface area contributed by atoms with Crippen LogP contribution in [0.4, 0.5) is 0 Å². The zero-order chi connectivity index (χ0) is 19.4. The van der Waals surface area contributed by atoms with E-state index in [0.29, 0.717) is 22.1 Å². The van der Waals surface area contributed by atoms with Crippen LogP contribution < -0.4 is 15.4 Å². The molecule has 2 aromatic rings. The Balaban J connectivity index is 2.22. The highest BCUT2D eigenvalue weighted by Gasteiger charge is 2.34. The van der Waals surface area contributed by atoms with E-state index < -0.39 is 12.0 Å². The molecule has 140 valence electrons. The van der Waals surface area contributed by atoms with Crippen molar-refractivity contribution in [1.82, 2.24) is 10.6 Å². The van der Waals surface area contributed by atoms with Gasteiger partial charge in [-0.15, -0.1) is 0 Å². The molecular formula is C20H19BrN2O3S. The number of thiocarbonyl (C=S) groups is 1. The Labute approximate surface area is 171 Å².